The molecule has 0 saturated carbocycles. The maximum atomic E-state index is 12.3. The first kappa shape index (κ1) is 27.5. The van der Waals surface area contributed by atoms with Crippen molar-refractivity contribution >= 4 is 32.8 Å². The first-order valence-electron chi connectivity index (χ1n) is 9.20. The second-order valence-corrected chi connectivity index (χ2v) is 9.39. The highest BCUT2D eigenvalue weighted by atomic mass is 31.3. The van der Waals surface area contributed by atoms with Gasteiger partial charge in [0.25, 0.3) is 11.5 Å². The molecule has 19 heteroatoms. The number of aromatic nitrogens is 4. The Labute approximate surface area is 186 Å². The van der Waals surface area contributed by atoms with Crippen LogP contribution in [0.25, 0.3) is 11.2 Å². The SMILES string of the molecule is COCCOC[C@@H](O[C@@H](CO)COP(=O)(O)OP(=O)(O)O)[n+]1cn(C)c2c(=O)[nH]c(N)nc21. The molecule has 0 bridgehead atoms. The van der Waals surface area contributed by atoms with Crippen LogP contribution < -0.4 is 15.9 Å². The molecule has 0 amide bonds. The van der Waals surface area contributed by atoms with E-state index in [1.165, 1.54) is 22.6 Å². The number of nitrogens with one attached hydrogen (secondary N) is 1. The van der Waals surface area contributed by atoms with Crippen LogP contribution in [0.3, 0.4) is 0 Å². The number of aliphatic hydroxyl groups excluding tert-OH is 1. The van der Waals surface area contributed by atoms with E-state index in [0.29, 0.717) is 0 Å². The van der Waals surface area contributed by atoms with Crippen molar-refractivity contribution in [1.82, 2.24) is 14.5 Å². The maximum Gasteiger partial charge on any atom is 0.481 e. The van der Waals surface area contributed by atoms with E-state index in [1.807, 2.05) is 0 Å². The third kappa shape index (κ3) is 8.20. The van der Waals surface area contributed by atoms with Gasteiger partial charge in [0.15, 0.2) is 6.33 Å². The lowest BCUT2D eigenvalue weighted by atomic mass is 10.4. The Bertz CT molecular complexity index is 1080. The number of phosphoric ester groups is 1. The topological polar surface area (TPSA) is 242 Å². The first-order chi connectivity index (χ1) is 15.4. The molecule has 188 valence electrons. The number of ether oxygens (including phenoxy) is 3. The van der Waals surface area contributed by atoms with Gasteiger partial charge in [-0.05, 0) is 0 Å². The molecule has 0 spiro atoms. The number of aliphatic hydroxyl groups is 1. The van der Waals surface area contributed by atoms with Crippen molar-refractivity contribution in [2.75, 3.05) is 45.9 Å². The summed E-state index contributed by atoms with van der Waals surface area (Å²) in [5, 5.41) is 9.63. The molecule has 0 aliphatic heterocycles. The van der Waals surface area contributed by atoms with Gasteiger partial charge < -0.3 is 39.7 Å². The van der Waals surface area contributed by atoms with Crippen LogP contribution in [-0.2, 0) is 39.2 Å². The van der Waals surface area contributed by atoms with Crippen LogP contribution in [0.4, 0.5) is 5.95 Å². The predicted octanol–water partition coefficient (Wildman–Crippen LogP) is -2.10. The van der Waals surface area contributed by atoms with Crippen molar-refractivity contribution in [3.8, 4) is 0 Å². The molecule has 17 nitrogen and oxygen atoms in total. The number of aromatic amines is 1. The minimum atomic E-state index is -5.32. The number of rotatable bonds is 14. The van der Waals surface area contributed by atoms with Gasteiger partial charge in [0.1, 0.15) is 12.7 Å². The largest absolute Gasteiger partial charge is 0.481 e. The van der Waals surface area contributed by atoms with Crippen LogP contribution in [0.1, 0.15) is 6.23 Å². The summed E-state index contributed by atoms with van der Waals surface area (Å²) in [5.74, 6) is -0.163. The molecular weight excluding hydrogens is 492 g/mol. The van der Waals surface area contributed by atoms with Crippen molar-refractivity contribution in [2.45, 2.75) is 12.3 Å². The minimum Gasteiger partial charge on any atom is -0.394 e. The van der Waals surface area contributed by atoms with Crippen LogP contribution in [0.15, 0.2) is 11.1 Å². The number of nitrogens with zero attached hydrogens (tertiary/aromatic N) is 3. The summed E-state index contributed by atoms with van der Waals surface area (Å²) < 4.78 is 49.6. The molecule has 33 heavy (non-hydrogen) atoms. The Hall–Kier alpha value is -1.75. The van der Waals surface area contributed by atoms with Gasteiger partial charge in [-0.3, -0.25) is 18.9 Å². The Morgan fingerprint density at radius 2 is 1.97 bits per heavy atom. The summed E-state index contributed by atoms with van der Waals surface area (Å²) >= 11 is 0. The zero-order valence-corrected chi connectivity index (χ0v) is 19.4. The van der Waals surface area contributed by atoms with Gasteiger partial charge in [0, 0.05) is 7.11 Å². The number of hydrogen-bond donors (Lipinski definition) is 6. The van der Waals surface area contributed by atoms with Crippen LogP contribution in [-0.4, -0.2) is 80.6 Å². The van der Waals surface area contributed by atoms with Gasteiger partial charge in [-0.2, -0.15) is 4.31 Å². The molecule has 7 N–H and O–H groups in total. The summed E-state index contributed by atoms with van der Waals surface area (Å²) in [6, 6.07) is 0. The van der Waals surface area contributed by atoms with E-state index in [0.717, 1.165) is 0 Å². The maximum absolute atomic E-state index is 12.3. The lowest BCUT2D eigenvalue weighted by Crippen LogP contribution is -2.46. The van der Waals surface area contributed by atoms with E-state index < -0.39 is 46.8 Å². The minimum absolute atomic E-state index is 0.120. The van der Waals surface area contributed by atoms with Crippen LogP contribution in [0.5, 0.6) is 0 Å². The molecule has 0 aliphatic rings. The number of anilines is 1. The highest BCUT2D eigenvalue weighted by Gasteiger charge is 2.34. The standard InChI is InChI=1S/C14H25N5O12P2/c1-18-8-19(12-11(18)13(21)17-14(15)16-12)10(7-28-4-3-27-2)30-9(5-20)6-29-33(25,26)31-32(22,23)24/h8-10,20H,3-7H2,1-2H3,(H5-,15,16,17,21,22,23,24,25,26)/p+1/t9-,10+/m0/s1. The molecule has 2 aromatic rings. The van der Waals surface area contributed by atoms with E-state index in [9.17, 15) is 23.9 Å². The molecule has 0 radical (unpaired) electrons. The second kappa shape index (κ2) is 11.6. The predicted molar refractivity (Wildman–Crippen MR) is 109 cm³/mol. The highest BCUT2D eigenvalue weighted by molar-refractivity contribution is 7.60. The molecule has 2 heterocycles. The van der Waals surface area contributed by atoms with Crippen molar-refractivity contribution < 1.29 is 56.5 Å². The molecule has 0 aliphatic carbocycles. The number of phosphoric acid groups is 2. The number of nitrogen functional groups attached to an aromatic ring is 1. The number of aryl methyl sites for hydroxylation is 1. The number of imidazole rings is 1. The molecule has 1 unspecified atom stereocenters. The summed E-state index contributed by atoms with van der Waals surface area (Å²) in [4.78, 5) is 45.5. The van der Waals surface area contributed by atoms with Gasteiger partial charge in [-0.15, -0.1) is 0 Å². The second-order valence-electron chi connectivity index (χ2n) is 6.56. The van der Waals surface area contributed by atoms with E-state index in [1.54, 1.807) is 7.05 Å². The molecule has 0 fully saturated rings. The highest BCUT2D eigenvalue weighted by Crippen LogP contribution is 2.57. The summed E-state index contributed by atoms with van der Waals surface area (Å²) in [7, 11) is -7.44. The lowest BCUT2D eigenvalue weighted by Gasteiger charge is -2.23. The summed E-state index contributed by atoms with van der Waals surface area (Å²) in [6.07, 6.45) is -0.885. The van der Waals surface area contributed by atoms with Crippen LogP contribution >= 0.6 is 15.6 Å². The molecule has 2 aromatic heterocycles. The quantitative estimate of drug-likeness (QED) is 0.0891. The molecular formula is C14H26N5O12P2+. The monoisotopic (exact) mass is 518 g/mol. The summed E-state index contributed by atoms with van der Waals surface area (Å²) in [5.41, 5.74) is 5.40. The Morgan fingerprint density at radius 1 is 1.27 bits per heavy atom. The van der Waals surface area contributed by atoms with Crippen LogP contribution in [0.2, 0.25) is 0 Å². The zero-order valence-electron chi connectivity index (χ0n) is 17.6. The van der Waals surface area contributed by atoms with Gasteiger partial charge in [-0.25, -0.2) is 13.7 Å². The van der Waals surface area contributed by atoms with E-state index in [2.05, 4.69) is 18.8 Å². The Balaban J connectivity index is 2.28. The van der Waals surface area contributed by atoms with Crippen molar-refractivity contribution in [1.29, 1.82) is 0 Å². The fourth-order valence-corrected chi connectivity index (χ4v) is 4.30. The zero-order chi connectivity index (χ0) is 24.8. The lowest BCUT2D eigenvalue weighted by molar-refractivity contribution is -0.747. The van der Waals surface area contributed by atoms with E-state index in [4.69, 9.17) is 29.7 Å². The Morgan fingerprint density at radius 3 is 2.58 bits per heavy atom. The van der Waals surface area contributed by atoms with Crippen molar-refractivity contribution in [3.05, 3.63) is 16.7 Å². The molecule has 3 atom stereocenters. The number of methoxy groups -OCH3 is 1. The van der Waals surface area contributed by atoms with E-state index in [-0.39, 0.29) is 36.9 Å². The fraction of sp³-hybridized carbons (Fsp3) is 0.643. The van der Waals surface area contributed by atoms with Gasteiger partial charge in [0.05, 0.1) is 33.5 Å². The van der Waals surface area contributed by atoms with Crippen molar-refractivity contribution in [2.24, 2.45) is 7.05 Å². The van der Waals surface area contributed by atoms with Gasteiger partial charge >= 0.3 is 21.3 Å². The van der Waals surface area contributed by atoms with Crippen LogP contribution in [0, 0.1) is 0 Å². The number of fused-ring (bicyclic) bond motifs is 1. The smallest absolute Gasteiger partial charge is 0.394 e. The molecule has 0 saturated heterocycles. The number of H-pyrrole nitrogens is 1. The normalized spacial score (nSPS) is 16.1. The third-order valence-electron chi connectivity index (χ3n) is 3.98. The van der Waals surface area contributed by atoms with Gasteiger partial charge in [-0.1, -0.05) is 4.98 Å². The fourth-order valence-electron chi connectivity index (χ4n) is 2.68. The first-order valence-corrected chi connectivity index (χ1v) is 12.2. The Kier molecular flexibility index (Phi) is 9.66. The average molecular weight is 518 g/mol. The number of hydrogen-bond acceptors (Lipinski definition) is 11. The van der Waals surface area contributed by atoms with Crippen molar-refractivity contribution in [3.63, 3.8) is 0 Å². The third-order valence-corrected chi connectivity index (χ3v) is 6.13. The molecule has 2 rings (SSSR count). The molecule has 0 aromatic carbocycles. The van der Waals surface area contributed by atoms with E-state index >= 15 is 0 Å². The van der Waals surface area contributed by atoms with Gasteiger partial charge in [0.2, 0.25) is 11.7 Å². The summed E-state index contributed by atoms with van der Waals surface area (Å²) in [6.45, 7) is -1.24. The average Bonchev–Trinajstić information content (AvgIpc) is 3.01. The number of nitrogens with two attached hydrogens (primary N) is 1.